The van der Waals surface area contributed by atoms with Gasteiger partial charge in [0.1, 0.15) is 11.6 Å². The minimum atomic E-state index is 0. The van der Waals surface area contributed by atoms with Gasteiger partial charge in [-0.25, -0.2) is 4.98 Å². The van der Waals surface area contributed by atoms with Crippen molar-refractivity contribution in [2.45, 2.75) is 45.7 Å². The molecular formula is C19H31IN8. The Balaban J connectivity index is 0.00000225. The molecule has 1 fully saturated rings. The van der Waals surface area contributed by atoms with Gasteiger partial charge in [0.25, 0.3) is 0 Å². The van der Waals surface area contributed by atoms with E-state index in [1.807, 2.05) is 26.5 Å². The number of nitrogens with zero attached hydrogens (tertiary/aromatic N) is 7. The van der Waals surface area contributed by atoms with Crippen molar-refractivity contribution in [3.05, 3.63) is 30.4 Å². The number of nitrogens with one attached hydrogen (secondary N) is 1. The molecule has 2 aromatic heterocycles. The molecule has 3 unspecified atom stereocenters. The van der Waals surface area contributed by atoms with E-state index in [4.69, 9.17) is 0 Å². The van der Waals surface area contributed by atoms with E-state index in [0.29, 0.717) is 17.9 Å². The fourth-order valence-corrected chi connectivity index (χ4v) is 4.36. The zero-order valence-electron chi connectivity index (χ0n) is 17.0. The van der Waals surface area contributed by atoms with Gasteiger partial charge in [0.15, 0.2) is 5.96 Å². The zero-order chi connectivity index (χ0) is 18.8. The molecule has 0 aromatic carbocycles. The summed E-state index contributed by atoms with van der Waals surface area (Å²) in [6.45, 7) is 8.32. The summed E-state index contributed by atoms with van der Waals surface area (Å²) in [6.07, 6.45) is 9.19. The minimum absolute atomic E-state index is 0. The molecule has 28 heavy (non-hydrogen) atoms. The molecule has 9 heteroatoms. The zero-order valence-corrected chi connectivity index (χ0v) is 19.3. The molecule has 0 radical (unpaired) electrons. The fourth-order valence-electron chi connectivity index (χ4n) is 4.36. The van der Waals surface area contributed by atoms with E-state index in [0.717, 1.165) is 63.0 Å². The van der Waals surface area contributed by atoms with Gasteiger partial charge in [-0.15, -0.1) is 34.2 Å². The second kappa shape index (κ2) is 9.23. The lowest BCUT2D eigenvalue weighted by Crippen LogP contribution is -2.50. The standard InChI is InChI=1S/C19H30N8.HI/c1-14-6-8-25(12-17(14)26-9-7-21-13-26)19(20-3)22-10-16-4-5-18-24-23-15(2)27(18)11-16;/h7,9,13-14,16-17H,4-6,8,10-12H2,1-3H3,(H,20,22);1H. The number of aromatic nitrogens is 5. The predicted molar refractivity (Wildman–Crippen MR) is 120 cm³/mol. The number of halogens is 1. The lowest BCUT2D eigenvalue weighted by molar-refractivity contribution is 0.188. The maximum absolute atomic E-state index is 4.56. The minimum Gasteiger partial charge on any atom is -0.356 e. The van der Waals surface area contributed by atoms with Gasteiger partial charge in [-0.2, -0.15) is 0 Å². The topological polar surface area (TPSA) is 76.2 Å². The molecular weight excluding hydrogens is 467 g/mol. The number of imidazole rings is 1. The van der Waals surface area contributed by atoms with Crippen molar-refractivity contribution in [3.8, 4) is 0 Å². The van der Waals surface area contributed by atoms with E-state index in [1.54, 1.807) is 0 Å². The van der Waals surface area contributed by atoms with E-state index in [1.165, 1.54) is 0 Å². The number of fused-ring (bicyclic) bond motifs is 1. The van der Waals surface area contributed by atoms with Crippen LogP contribution < -0.4 is 5.32 Å². The molecule has 154 valence electrons. The monoisotopic (exact) mass is 498 g/mol. The van der Waals surface area contributed by atoms with Gasteiger partial charge in [-0.3, -0.25) is 4.99 Å². The Labute approximate surface area is 183 Å². The van der Waals surface area contributed by atoms with Crippen LogP contribution in [0.3, 0.4) is 0 Å². The highest BCUT2D eigenvalue weighted by atomic mass is 127. The quantitative estimate of drug-likeness (QED) is 0.399. The lowest BCUT2D eigenvalue weighted by Gasteiger charge is -2.39. The Morgan fingerprint density at radius 2 is 2.14 bits per heavy atom. The Morgan fingerprint density at radius 3 is 2.89 bits per heavy atom. The first kappa shape index (κ1) is 21.1. The van der Waals surface area contributed by atoms with Gasteiger partial charge in [0, 0.05) is 52.0 Å². The third kappa shape index (κ3) is 4.33. The largest absolute Gasteiger partial charge is 0.356 e. The van der Waals surface area contributed by atoms with Gasteiger partial charge in [0.05, 0.1) is 12.4 Å². The predicted octanol–water partition coefficient (Wildman–Crippen LogP) is 2.12. The van der Waals surface area contributed by atoms with Crippen LogP contribution in [0.4, 0.5) is 0 Å². The highest BCUT2D eigenvalue weighted by Crippen LogP contribution is 2.27. The first-order valence-corrected chi connectivity index (χ1v) is 9.97. The number of hydrogen-bond acceptors (Lipinski definition) is 4. The van der Waals surface area contributed by atoms with Crippen molar-refractivity contribution in [2.24, 2.45) is 16.8 Å². The number of aryl methyl sites for hydroxylation is 2. The van der Waals surface area contributed by atoms with Crippen LogP contribution in [0.1, 0.15) is 37.5 Å². The Hall–Kier alpha value is -1.65. The molecule has 2 aromatic rings. The van der Waals surface area contributed by atoms with E-state index < -0.39 is 0 Å². The summed E-state index contributed by atoms with van der Waals surface area (Å²) >= 11 is 0. The molecule has 0 amide bonds. The highest BCUT2D eigenvalue weighted by molar-refractivity contribution is 14.0. The van der Waals surface area contributed by atoms with Crippen molar-refractivity contribution in [1.29, 1.82) is 0 Å². The van der Waals surface area contributed by atoms with Gasteiger partial charge < -0.3 is 19.4 Å². The van der Waals surface area contributed by atoms with Crippen molar-refractivity contribution in [3.63, 3.8) is 0 Å². The summed E-state index contributed by atoms with van der Waals surface area (Å²) in [5, 5.41) is 12.1. The van der Waals surface area contributed by atoms with Gasteiger partial charge >= 0.3 is 0 Å². The maximum atomic E-state index is 4.56. The van der Waals surface area contributed by atoms with Crippen LogP contribution in [0.15, 0.2) is 23.7 Å². The maximum Gasteiger partial charge on any atom is 0.193 e. The van der Waals surface area contributed by atoms with Crippen LogP contribution >= 0.6 is 24.0 Å². The van der Waals surface area contributed by atoms with Gasteiger partial charge in [0.2, 0.25) is 0 Å². The highest BCUT2D eigenvalue weighted by Gasteiger charge is 2.29. The van der Waals surface area contributed by atoms with Crippen molar-refractivity contribution >= 4 is 29.9 Å². The van der Waals surface area contributed by atoms with Crippen molar-refractivity contribution in [2.75, 3.05) is 26.7 Å². The van der Waals surface area contributed by atoms with E-state index in [-0.39, 0.29) is 24.0 Å². The molecule has 0 aliphatic carbocycles. The SMILES string of the molecule is CN=C(NCC1CCc2nnc(C)n2C1)N1CCC(C)C(n2ccnc2)C1.I. The first-order chi connectivity index (χ1) is 13.2. The summed E-state index contributed by atoms with van der Waals surface area (Å²) in [4.78, 5) is 11.2. The molecule has 8 nitrogen and oxygen atoms in total. The number of hydrogen-bond donors (Lipinski definition) is 1. The smallest absolute Gasteiger partial charge is 0.193 e. The number of rotatable bonds is 3. The molecule has 2 aliphatic rings. The van der Waals surface area contributed by atoms with Crippen LogP contribution in [-0.2, 0) is 13.0 Å². The van der Waals surface area contributed by atoms with Gasteiger partial charge in [-0.1, -0.05) is 6.92 Å². The third-order valence-electron chi connectivity index (χ3n) is 6.12. The summed E-state index contributed by atoms with van der Waals surface area (Å²) in [7, 11) is 1.88. The Kier molecular flexibility index (Phi) is 6.95. The van der Waals surface area contributed by atoms with Crippen LogP contribution in [0.2, 0.25) is 0 Å². The number of likely N-dealkylation sites (tertiary alicyclic amines) is 1. The molecule has 4 heterocycles. The second-order valence-electron chi connectivity index (χ2n) is 7.90. The van der Waals surface area contributed by atoms with E-state index >= 15 is 0 Å². The normalized spacial score (nSPS) is 25.2. The number of aliphatic imine (C=N–C) groups is 1. The number of guanidine groups is 1. The molecule has 1 N–H and O–H groups in total. The Morgan fingerprint density at radius 1 is 1.29 bits per heavy atom. The van der Waals surface area contributed by atoms with Crippen molar-refractivity contribution in [1.82, 2.24) is 34.5 Å². The average Bonchev–Trinajstić information content (AvgIpc) is 3.34. The van der Waals surface area contributed by atoms with Gasteiger partial charge in [-0.05, 0) is 31.6 Å². The average molecular weight is 498 g/mol. The van der Waals surface area contributed by atoms with E-state index in [9.17, 15) is 0 Å². The summed E-state index contributed by atoms with van der Waals surface area (Å²) in [5.41, 5.74) is 0. The second-order valence-corrected chi connectivity index (χ2v) is 7.90. The molecule has 0 saturated carbocycles. The number of piperidine rings is 1. The molecule has 0 bridgehead atoms. The molecule has 0 spiro atoms. The van der Waals surface area contributed by atoms with Crippen molar-refractivity contribution < 1.29 is 0 Å². The van der Waals surface area contributed by atoms with E-state index in [2.05, 4.69) is 52.6 Å². The molecule has 2 aliphatic heterocycles. The summed E-state index contributed by atoms with van der Waals surface area (Å²) < 4.78 is 4.50. The molecule has 1 saturated heterocycles. The summed E-state index contributed by atoms with van der Waals surface area (Å²) in [6, 6.07) is 0.441. The fraction of sp³-hybridized carbons (Fsp3) is 0.684. The molecule has 4 rings (SSSR count). The third-order valence-corrected chi connectivity index (χ3v) is 6.12. The van der Waals surface area contributed by atoms with Crippen LogP contribution in [-0.4, -0.2) is 61.9 Å². The van der Waals surface area contributed by atoms with Crippen LogP contribution in [0.5, 0.6) is 0 Å². The summed E-state index contributed by atoms with van der Waals surface area (Å²) in [5.74, 6) is 4.38. The lowest BCUT2D eigenvalue weighted by atomic mass is 9.93. The van der Waals surface area contributed by atoms with Crippen LogP contribution in [0.25, 0.3) is 0 Å². The molecule has 3 atom stereocenters. The first-order valence-electron chi connectivity index (χ1n) is 9.97. The Bertz CT molecular complexity index is 784. The van der Waals surface area contributed by atoms with Crippen LogP contribution in [0, 0.1) is 18.8 Å².